The Kier molecular flexibility index (Phi) is 5.30. The van der Waals surface area contributed by atoms with Gasteiger partial charge in [0.1, 0.15) is 5.75 Å². The van der Waals surface area contributed by atoms with E-state index in [4.69, 9.17) is 17.0 Å². The van der Waals surface area contributed by atoms with Crippen LogP contribution in [0.3, 0.4) is 0 Å². The summed E-state index contributed by atoms with van der Waals surface area (Å²) < 4.78 is 34.1. The van der Waals surface area contributed by atoms with Crippen LogP contribution in [0.1, 0.15) is 13.8 Å². The van der Waals surface area contributed by atoms with E-state index >= 15 is 0 Å². The molecule has 116 valence electrons. The van der Waals surface area contributed by atoms with Crippen LogP contribution in [0, 0.1) is 0 Å². The zero-order valence-corrected chi connectivity index (χ0v) is 12.7. The van der Waals surface area contributed by atoms with Gasteiger partial charge in [0.15, 0.2) is 5.11 Å². The Morgan fingerprint density at radius 1 is 1.29 bits per heavy atom. The molecule has 21 heavy (non-hydrogen) atoms. The molecular weight excluding hydrogens is 298 g/mol. The van der Waals surface area contributed by atoms with E-state index < -0.39 is 6.61 Å². The number of hydrogen-bond acceptors (Lipinski definition) is 3. The molecule has 2 rings (SSSR count). The number of halogens is 2. The topological polar surface area (TPSA) is 33.7 Å². The van der Waals surface area contributed by atoms with Gasteiger partial charge in [-0.05, 0) is 50.3 Å². The Balaban J connectivity index is 1.93. The molecule has 0 aromatic heterocycles. The molecule has 1 aliphatic heterocycles. The summed E-state index contributed by atoms with van der Waals surface area (Å²) in [5, 5.41) is 3.69. The molecule has 1 aromatic carbocycles. The Hall–Kier alpha value is -1.47. The van der Waals surface area contributed by atoms with Crippen LogP contribution in [0.15, 0.2) is 24.3 Å². The van der Waals surface area contributed by atoms with Gasteiger partial charge in [0.2, 0.25) is 0 Å². The van der Waals surface area contributed by atoms with E-state index in [2.05, 4.69) is 10.1 Å². The Labute approximate surface area is 128 Å². The lowest BCUT2D eigenvalue weighted by Crippen LogP contribution is -2.49. The highest BCUT2D eigenvalue weighted by molar-refractivity contribution is 7.80. The van der Waals surface area contributed by atoms with Crippen LogP contribution in [0.25, 0.3) is 0 Å². The van der Waals surface area contributed by atoms with Crippen molar-refractivity contribution in [3.63, 3.8) is 0 Å². The van der Waals surface area contributed by atoms with Gasteiger partial charge in [0.25, 0.3) is 0 Å². The molecule has 1 aliphatic rings. The van der Waals surface area contributed by atoms with Crippen LogP contribution in [0.4, 0.5) is 14.5 Å². The van der Waals surface area contributed by atoms with Crippen molar-refractivity contribution in [2.24, 2.45) is 0 Å². The third-order valence-electron chi connectivity index (χ3n) is 3.04. The smallest absolute Gasteiger partial charge is 0.387 e. The first kappa shape index (κ1) is 15.9. The molecule has 1 heterocycles. The standard InChI is InChI=1S/C14H18F2N2O2S/c1-9-7-18(8-10(2)19-9)14(21)17-11-3-5-12(6-4-11)20-13(15)16/h3-6,9-10,13H,7-8H2,1-2H3,(H,17,21)/t9-,10-/m1/s1. The molecule has 1 N–H and O–H groups in total. The third kappa shape index (κ3) is 4.78. The lowest BCUT2D eigenvalue weighted by molar-refractivity contribution is -0.0498. The zero-order chi connectivity index (χ0) is 15.4. The summed E-state index contributed by atoms with van der Waals surface area (Å²) in [6.07, 6.45) is 0.241. The summed E-state index contributed by atoms with van der Waals surface area (Å²) in [6.45, 7) is 2.64. The van der Waals surface area contributed by atoms with E-state index in [0.717, 1.165) is 18.8 Å². The fourth-order valence-corrected chi connectivity index (χ4v) is 2.53. The highest BCUT2D eigenvalue weighted by atomic mass is 32.1. The molecule has 1 aromatic rings. The minimum atomic E-state index is -2.82. The summed E-state index contributed by atoms with van der Waals surface area (Å²) in [6, 6.07) is 6.25. The number of nitrogens with zero attached hydrogens (tertiary/aromatic N) is 1. The quantitative estimate of drug-likeness (QED) is 0.867. The minimum Gasteiger partial charge on any atom is -0.435 e. The number of alkyl halides is 2. The highest BCUT2D eigenvalue weighted by Crippen LogP contribution is 2.19. The van der Waals surface area contributed by atoms with Gasteiger partial charge < -0.3 is 19.7 Å². The van der Waals surface area contributed by atoms with Gasteiger partial charge in [-0.3, -0.25) is 0 Å². The van der Waals surface area contributed by atoms with E-state index in [1.165, 1.54) is 12.1 Å². The number of thiocarbonyl (C=S) groups is 1. The summed E-state index contributed by atoms with van der Waals surface area (Å²) in [5.74, 6) is 0.120. The number of anilines is 1. The average Bonchev–Trinajstić information content (AvgIpc) is 2.39. The van der Waals surface area contributed by atoms with Crippen molar-refractivity contribution in [1.82, 2.24) is 4.90 Å². The predicted molar refractivity (Wildman–Crippen MR) is 80.9 cm³/mol. The first-order valence-electron chi connectivity index (χ1n) is 6.70. The number of nitrogens with one attached hydrogen (secondary N) is 1. The van der Waals surface area contributed by atoms with E-state index in [1.54, 1.807) is 12.1 Å². The third-order valence-corrected chi connectivity index (χ3v) is 3.40. The van der Waals surface area contributed by atoms with Crippen molar-refractivity contribution < 1.29 is 18.3 Å². The Bertz CT molecular complexity index is 474. The van der Waals surface area contributed by atoms with Crippen molar-refractivity contribution >= 4 is 23.0 Å². The van der Waals surface area contributed by atoms with Gasteiger partial charge in [-0.1, -0.05) is 0 Å². The maximum absolute atomic E-state index is 12.1. The molecule has 0 unspecified atom stereocenters. The van der Waals surface area contributed by atoms with Gasteiger partial charge >= 0.3 is 6.61 Å². The van der Waals surface area contributed by atoms with Gasteiger partial charge in [0.05, 0.1) is 12.2 Å². The van der Waals surface area contributed by atoms with Crippen molar-refractivity contribution in [2.75, 3.05) is 18.4 Å². The summed E-state index contributed by atoms with van der Waals surface area (Å²) in [4.78, 5) is 2.04. The molecule has 0 saturated carbocycles. The molecule has 0 radical (unpaired) electrons. The minimum absolute atomic E-state index is 0.120. The fourth-order valence-electron chi connectivity index (χ4n) is 2.27. The molecule has 0 aliphatic carbocycles. The summed E-state index contributed by atoms with van der Waals surface area (Å²) in [5.41, 5.74) is 0.730. The van der Waals surface area contributed by atoms with E-state index in [1.807, 2.05) is 18.7 Å². The van der Waals surface area contributed by atoms with Gasteiger partial charge in [-0.25, -0.2) is 0 Å². The lowest BCUT2D eigenvalue weighted by atomic mass is 10.2. The molecule has 0 amide bonds. The maximum Gasteiger partial charge on any atom is 0.387 e. The largest absolute Gasteiger partial charge is 0.435 e. The summed E-state index contributed by atoms with van der Waals surface area (Å²) in [7, 11) is 0. The van der Waals surface area contributed by atoms with Crippen LogP contribution in [-0.2, 0) is 4.74 Å². The lowest BCUT2D eigenvalue weighted by Gasteiger charge is -2.36. The van der Waals surface area contributed by atoms with Crippen LogP contribution < -0.4 is 10.1 Å². The monoisotopic (exact) mass is 316 g/mol. The second-order valence-electron chi connectivity index (χ2n) is 5.00. The first-order chi connectivity index (χ1) is 9.94. The van der Waals surface area contributed by atoms with Gasteiger partial charge in [-0.2, -0.15) is 8.78 Å². The van der Waals surface area contributed by atoms with E-state index in [9.17, 15) is 8.78 Å². The molecule has 4 nitrogen and oxygen atoms in total. The fraction of sp³-hybridized carbons (Fsp3) is 0.500. The second kappa shape index (κ2) is 7.00. The van der Waals surface area contributed by atoms with Gasteiger partial charge in [-0.15, -0.1) is 0 Å². The number of benzene rings is 1. The van der Waals surface area contributed by atoms with Crippen LogP contribution in [0.5, 0.6) is 5.75 Å². The van der Waals surface area contributed by atoms with Crippen molar-refractivity contribution in [3.05, 3.63) is 24.3 Å². The van der Waals surface area contributed by atoms with E-state index in [-0.39, 0.29) is 18.0 Å². The van der Waals surface area contributed by atoms with E-state index in [0.29, 0.717) is 5.11 Å². The molecule has 0 bridgehead atoms. The molecule has 1 saturated heterocycles. The maximum atomic E-state index is 12.1. The zero-order valence-electron chi connectivity index (χ0n) is 11.9. The molecule has 2 atom stereocenters. The number of rotatable bonds is 3. The Morgan fingerprint density at radius 3 is 2.38 bits per heavy atom. The molecule has 7 heteroatoms. The number of morpholine rings is 1. The van der Waals surface area contributed by atoms with Gasteiger partial charge in [0, 0.05) is 18.8 Å². The first-order valence-corrected chi connectivity index (χ1v) is 7.11. The van der Waals surface area contributed by atoms with Crippen molar-refractivity contribution in [1.29, 1.82) is 0 Å². The van der Waals surface area contributed by atoms with Crippen LogP contribution in [-0.4, -0.2) is 41.9 Å². The van der Waals surface area contributed by atoms with Crippen LogP contribution >= 0.6 is 12.2 Å². The molecule has 1 fully saturated rings. The second-order valence-corrected chi connectivity index (χ2v) is 5.38. The molecular formula is C14H18F2N2O2S. The normalized spacial score (nSPS) is 22.2. The summed E-state index contributed by atoms with van der Waals surface area (Å²) >= 11 is 5.37. The highest BCUT2D eigenvalue weighted by Gasteiger charge is 2.23. The van der Waals surface area contributed by atoms with Crippen LogP contribution in [0.2, 0.25) is 0 Å². The Morgan fingerprint density at radius 2 is 1.86 bits per heavy atom. The number of hydrogen-bond donors (Lipinski definition) is 1. The predicted octanol–water partition coefficient (Wildman–Crippen LogP) is 3.09. The number of ether oxygens (including phenoxy) is 2. The van der Waals surface area contributed by atoms with Crippen molar-refractivity contribution in [2.45, 2.75) is 32.7 Å². The SMILES string of the molecule is C[C@@H]1CN(C(=S)Nc2ccc(OC(F)F)cc2)C[C@@H](C)O1. The van der Waals surface area contributed by atoms with Crippen molar-refractivity contribution in [3.8, 4) is 5.75 Å². The average molecular weight is 316 g/mol. The molecule has 0 spiro atoms.